The molecule has 0 aliphatic heterocycles. The quantitative estimate of drug-likeness (QED) is 0.422. The molecule has 0 unspecified atom stereocenters. The largest absolute Gasteiger partial charge is 0.306 e. The highest BCUT2D eigenvalue weighted by Crippen LogP contribution is 2.06. The van der Waals surface area contributed by atoms with E-state index in [9.17, 15) is 4.79 Å². The normalized spacial score (nSPS) is 10.0. The first-order valence-corrected chi connectivity index (χ1v) is 5.01. The van der Waals surface area contributed by atoms with Crippen molar-refractivity contribution in [2.24, 2.45) is 0 Å². The van der Waals surface area contributed by atoms with Gasteiger partial charge in [-0.05, 0) is 6.42 Å². The molecule has 0 N–H and O–H groups in total. The van der Waals surface area contributed by atoms with E-state index in [1.54, 1.807) is 0 Å². The number of rotatable bonds is 7. The maximum Gasteiger partial charge on any atom is 0.126 e. The first kappa shape index (κ1) is 10.9. The van der Waals surface area contributed by atoms with Crippen molar-refractivity contribution in [1.82, 2.24) is 0 Å². The molecule has 1 nitrogen and oxygen atoms in total. The maximum absolute atomic E-state index is 10.4. The van der Waals surface area contributed by atoms with E-state index in [0.717, 1.165) is 6.42 Å². The smallest absolute Gasteiger partial charge is 0.126 e. The lowest BCUT2D eigenvalue weighted by Gasteiger charge is -1.97. The zero-order chi connectivity index (χ0) is 8.53. The summed E-state index contributed by atoms with van der Waals surface area (Å²) in [7, 11) is 2.96. The van der Waals surface area contributed by atoms with Crippen LogP contribution in [0, 0.1) is 0 Å². The van der Waals surface area contributed by atoms with Crippen molar-refractivity contribution in [3.8, 4) is 0 Å². The van der Waals surface area contributed by atoms with Crippen LogP contribution in [0.3, 0.4) is 0 Å². The van der Waals surface area contributed by atoms with Crippen LogP contribution in [0.4, 0.5) is 0 Å². The number of hydrogen-bond acceptors (Lipinski definition) is 1. The minimum absolute atomic E-state index is 0.139. The average molecular weight is 169 g/mol. The number of unbranched alkanes of at least 4 members (excludes halogenated alkanes) is 5. The molecule has 0 atom stereocenters. The molecule has 0 aromatic rings. The van der Waals surface area contributed by atoms with E-state index in [4.69, 9.17) is 0 Å². The highest BCUT2D eigenvalue weighted by Gasteiger charge is 1.93. The lowest BCUT2D eigenvalue weighted by Crippen LogP contribution is -1.94. The van der Waals surface area contributed by atoms with Gasteiger partial charge in [-0.15, -0.1) is 0 Å². The van der Waals surface area contributed by atoms with Crippen LogP contribution >= 0.6 is 0 Å². The molecule has 0 aromatic carbocycles. The Morgan fingerprint density at radius 2 is 1.64 bits per heavy atom. The molecule has 3 radical (unpaired) electrons. The second-order valence-corrected chi connectivity index (χ2v) is 3.50. The molecule has 0 aliphatic rings. The predicted molar refractivity (Wildman–Crippen MR) is 48.8 cm³/mol. The highest BCUT2D eigenvalue weighted by atomic mass is 28.1. The van der Waals surface area contributed by atoms with Crippen LogP contribution in [0.1, 0.15) is 51.9 Å². The summed E-state index contributed by atoms with van der Waals surface area (Å²) >= 11 is 0. The first-order valence-electron chi connectivity index (χ1n) is 4.51. The Morgan fingerprint density at radius 3 is 2.18 bits per heavy atom. The van der Waals surface area contributed by atoms with Crippen molar-refractivity contribution < 1.29 is 4.79 Å². The molecule has 0 saturated heterocycles. The van der Waals surface area contributed by atoms with Gasteiger partial charge in [-0.1, -0.05) is 39.0 Å². The Hall–Kier alpha value is -0.113. The molecule has 0 rings (SSSR count). The molecule has 0 spiro atoms. The van der Waals surface area contributed by atoms with Crippen LogP contribution < -0.4 is 0 Å². The fourth-order valence-corrected chi connectivity index (χ4v) is 1.24. The lowest BCUT2D eigenvalue weighted by atomic mass is 10.1. The van der Waals surface area contributed by atoms with Gasteiger partial charge in [0, 0.05) is 6.42 Å². The van der Waals surface area contributed by atoms with E-state index >= 15 is 0 Å². The topological polar surface area (TPSA) is 17.1 Å². The number of hydrogen-bond donors (Lipinski definition) is 0. The fraction of sp³-hybridized carbons (Fsp3) is 0.889. The molecule has 0 aliphatic carbocycles. The van der Waals surface area contributed by atoms with Gasteiger partial charge in [0.05, 0.1) is 0 Å². The van der Waals surface area contributed by atoms with E-state index in [1.807, 2.05) is 0 Å². The number of carbonyl (C=O) groups excluding carboxylic acids is 1. The summed E-state index contributed by atoms with van der Waals surface area (Å²) in [6.45, 7) is 2.21. The van der Waals surface area contributed by atoms with Gasteiger partial charge in [-0.25, -0.2) is 0 Å². The minimum atomic E-state index is 0.139. The van der Waals surface area contributed by atoms with Gasteiger partial charge in [0.2, 0.25) is 0 Å². The average Bonchev–Trinajstić information content (AvgIpc) is 1.96. The summed E-state index contributed by atoms with van der Waals surface area (Å²) in [4.78, 5) is 10.4. The summed E-state index contributed by atoms with van der Waals surface area (Å²) < 4.78 is 0. The Bertz CT molecular complexity index is 102. The van der Waals surface area contributed by atoms with Gasteiger partial charge in [0.25, 0.3) is 0 Å². The molecule has 0 bridgehead atoms. The second kappa shape index (κ2) is 7.99. The summed E-state index contributed by atoms with van der Waals surface area (Å²) in [5.41, 5.74) is 0. The van der Waals surface area contributed by atoms with Gasteiger partial charge < -0.3 is 4.79 Å². The fourth-order valence-electron chi connectivity index (χ4n) is 1.07. The Labute approximate surface area is 73.0 Å². The third-order valence-electron chi connectivity index (χ3n) is 1.76. The second-order valence-electron chi connectivity index (χ2n) is 2.94. The van der Waals surface area contributed by atoms with Crippen LogP contribution in [0.25, 0.3) is 0 Å². The number of carbonyl (C=O) groups is 1. The predicted octanol–water partition coefficient (Wildman–Crippen LogP) is 2.43. The van der Waals surface area contributed by atoms with Crippen LogP contribution in [0.2, 0.25) is 0 Å². The third-order valence-corrected chi connectivity index (χ3v) is 2.01. The van der Waals surface area contributed by atoms with Crippen LogP contribution in [0.5, 0.6) is 0 Å². The van der Waals surface area contributed by atoms with Gasteiger partial charge in [0.15, 0.2) is 0 Å². The molecule has 11 heavy (non-hydrogen) atoms. The van der Waals surface area contributed by atoms with Crippen molar-refractivity contribution in [3.05, 3.63) is 0 Å². The molecule has 0 heterocycles. The summed E-state index contributed by atoms with van der Waals surface area (Å²) in [5.74, 6) is 0. The van der Waals surface area contributed by atoms with E-state index in [1.165, 1.54) is 32.1 Å². The van der Waals surface area contributed by atoms with Gasteiger partial charge in [0.1, 0.15) is 15.6 Å². The molecule has 0 fully saturated rings. The minimum Gasteiger partial charge on any atom is -0.306 e. The molecular formula is C9H17OSi. The van der Waals surface area contributed by atoms with E-state index in [0.29, 0.717) is 6.42 Å². The lowest BCUT2D eigenvalue weighted by molar-refractivity contribution is -0.111. The van der Waals surface area contributed by atoms with Crippen LogP contribution in [0.15, 0.2) is 0 Å². The molecule has 63 valence electrons. The molecule has 0 saturated carbocycles. The third kappa shape index (κ3) is 9.89. The molecule has 0 amide bonds. The summed E-state index contributed by atoms with van der Waals surface area (Å²) in [5, 5.41) is 0.139. The monoisotopic (exact) mass is 169 g/mol. The summed E-state index contributed by atoms with van der Waals surface area (Å²) in [6, 6.07) is 0. The maximum atomic E-state index is 10.4. The SMILES string of the molecule is CCCCCCCCC(=O)[Si]. The Balaban J connectivity index is 2.85. The van der Waals surface area contributed by atoms with Crippen molar-refractivity contribution in [2.75, 3.05) is 0 Å². The van der Waals surface area contributed by atoms with Crippen LogP contribution in [-0.2, 0) is 4.79 Å². The van der Waals surface area contributed by atoms with Crippen molar-refractivity contribution in [3.63, 3.8) is 0 Å². The van der Waals surface area contributed by atoms with E-state index in [2.05, 4.69) is 17.2 Å². The first-order chi connectivity index (χ1) is 5.27. The summed E-state index contributed by atoms with van der Waals surface area (Å²) in [6.07, 6.45) is 8.18. The van der Waals surface area contributed by atoms with Gasteiger partial charge in [-0.2, -0.15) is 0 Å². The Kier molecular flexibility index (Phi) is 7.91. The molecule has 0 aromatic heterocycles. The zero-order valence-electron chi connectivity index (χ0n) is 7.36. The van der Waals surface area contributed by atoms with E-state index in [-0.39, 0.29) is 5.41 Å². The zero-order valence-corrected chi connectivity index (χ0v) is 8.36. The van der Waals surface area contributed by atoms with Gasteiger partial charge in [-0.3, -0.25) is 0 Å². The highest BCUT2D eigenvalue weighted by molar-refractivity contribution is 6.57. The Morgan fingerprint density at radius 1 is 1.09 bits per heavy atom. The van der Waals surface area contributed by atoms with Crippen molar-refractivity contribution in [1.29, 1.82) is 0 Å². The standard InChI is InChI=1S/C9H17OSi/c1-2-3-4-5-6-7-8-9(10)11/h2-8H2,1H3. The van der Waals surface area contributed by atoms with E-state index < -0.39 is 0 Å². The van der Waals surface area contributed by atoms with Crippen molar-refractivity contribution >= 4 is 15.6 Å². The van der Waals surface area contributed by atoms with Crippen molar-refractivity contribution in [2.45, 2.75) is 51.9 Å². The van der Waals surface area contributed by atoms with Gasteiger partial charge >= 0.3 is 0 Å². The van der Waals surface area contributed by atoms with Crippen LogP contribution in [-0.4, -0.2) is 15.6 Å². The molecular weight excluding hydrogens is 152 g/mol. The molecule has 2 heteroatoms.